The van der Waals surface area contributed by atoms with Crippen LogP contribution < -0.4 is 14.4 Å². The van der Waals surface area contributed by atoms with E-state index in [2.05, 4.69) is 5.32 Å². The Morgan fingerprint density at radius 3 is 2.09 bits per heavy atom. The Bertz CT molecular complexity index is 1730. The average Bonchev–Trinajstić information content (AvgIpc) is 3.60. The number of rotatable bonds is 14. The molecule has 0 aromatic heterocycles. The van der Waals surface area contributed by atoms with Crippen molar-refractivity contribution in [1.82, 2.24) is 10.2 Å². The molecular formula is C37H40ClN3O5S. The van der Waals surface area contributed by atoms with Crippen LogP contribution in [0.4, 0.5) is 5.69 Å². The van der Waals surface area contributed by atoms with Crippen molar-refractivity contribution in [3.05, 3.63) is 125 Å². The van der Waals surface area contributed by atoms with Crippen molar-refractivity contribution in [1.29, 1.82) is 0 Å². The lowest BCUT2D eigenvalue weighted by Crippen LogP contribution is -2.54. The summed E-state index contributed by atoms with van der Waals surface area (Å²) in [4.78, 5) is 30.3. The molecule has 1 aliphatic carbocycles. The number of carbonyl (C=O) groups is 2. The zero-order valence-electron chi connectivity index (χ0n) is 26.4. The first-order chi connectivity index (χ1) is 22.8. The Labute approximate surface area is 282 Å². The van der Waals surface area contributed by atoms with E-state index in [1.54, 1.807) is 31.2 Å². The number of anilines is 1. The molecule has 246 valence electrons. The molecule has 4 aromatic rings. The Morgan fingerprint density at radius 1 is 0.851 bits per heavy atom. The van der Waals surface area contributed by atoms with Crippen LogP contribution in [0.3, 0.4) is 0 Å². The first-order valence-electron chi connectivity index (χ1n) is 15.9. The van der Waals surface area contributed by atoms with Crippen LogP contribution in [0, 0.1) is 0 Å². The second kappa shape index (κ2) is 16.0. The number of benzene rings is 4. The lowest BCUT2D eigenvalue weighted by atomic mass is 10.0. The standard InChI is InChI=1S/C37H40ClN3O5S/c1-2-46-35-20-12-11-19-33(35)41(47(44,45)32-23-21-30(38)22-24-32)27-36(42)40(26-29-15-7-4-8-16-29)34(25-28-13-5-3-6-14-28)37(43)39-31-17-9-10-18-31/h3-8,11-16,19-24,31,34H,2,9-10,17-18,25-27H2,1H3,(H,39,43). The van der Waals surface area contributed by atoms with Crippen molar-refractivity contribution >= 4 is 39.1 Å². The van der Waals surface area contributed by atoms with E-state index in [1.807, 2.05) is 60.7 Å². The van der Waals surface area contributed by atoms with Crippen molar-refractivity contribution in [2.75, 3.05) is 17.5 Å². The van der Waals surface area contributed by atoms with Gasteiger partial charge in [0.25, 0.3) is 10.0 Å². The number of carbonyl (C=O) groups excluding carboxylic acids is 2. The number of nitrogens with zero attached hydrogens (tertiary/aromatic N) is 2. The van der Waals surface area contributed by atoms with E-state index in [1.165, 1.54) is 29.2 Å². The Morgan fingerprint density at radius 2 is 1.45 bits per heavy atom. The van der Waals surface area contributed by atoms with Gasteiger partial charge in [-0.3, -0.25) is 13.9 Å². The van der Waals surface area contributed by atoms with E-state index < -0.39 is 28.5 Å². The summed E-state index contributed by atoms with van der Waals surface area (Å²) in [5.74, 6) is -0.471. The first-order valence-corrected chi connectivity index (χ1v) is 17.8. The fourth-order valence-electron chi connectivity index (χ4n) is 5.89. The van der Waals surface area contributed by atoms with E-state index in [-0.39, 0.29) is 35.5 Å². The minimum Gasteiger partial charge on any atom is -0.492 e. The number of amides is 2. The van der Waals surface area contributed by atoms with Crippen LogP contribution in [0.15, 0.2) is 114 Å². The predicted octanol–water partition coefficient (Wildman–Crippen LogP) is 6.63. The zero-order chi connectivity index (χ0) is 33.2. The summed E-state index contributed by atoms with van der Waals surface area (Å²) in [7, 11) is -4.29. The highest BCUT2D eigenvalue weighted by Gasteiger charge is 2.36. The van der Waals surface area contributed by atoms with E-state index >= 15 is 0 Å². The molecule has 0 spiro atoms. The molecule has 8 nitrogen and oxygen atoms in total. The van der Waals surface area contributed by atoms with Crippen LogP contribution in [-0.4, -0.2) is 50.4 Å². The maximum atomic E-state index is 14.7. The summed E-state index contributed by atoms with van der Waals surface area (Å²) in [6.07, 6.45) is 4.11. The monoisotopic (exact) mass is 673 g/mol. The molecule has 1 fully saturated rings. The van der Waals surface area contributed by atoms with Gasteiger partial charge in [0.1, 0.15) is 18.3 Å². The lowest BCUT2D eigenvalue weighted by molar-refractivity contribution is -0.140. The van der Waals surface area contributed by atoms with Gasteiger partial charge in [0.05, 0.1) is 17.2 Å². The molecular weight excluding hydrogens is 634 g/mol. The summed E-state index contributed by atoms with van der Waals surface area (Å²) in [6, 6.07) is 30.6. The fourth-order valence-corrected chi connectivity index (χ4v) is 7.44. The molecule has 2 amide bonds. The molecule has 1 unspecified atom stereocenters. The number of sulfonamides is 1. The third-order valence-electron chi connectivity index (χ3n) is 8.28. The maximum Gasteiger partial charge on any atom is 0.264 e. The highest BCUT2D eigenvalue weighted by molar-refractivity contribution is 7.92. The molecule has 1 atom stereocenters. The Hall–Kier alpha value is -4.34. The van der Waals surface area contributed by atoms with Crippen LogP contribution >= 0.6 is 11.6 Å². The van der Waals surface area contributed by atoms with E-state index in [0.29, 0.717) is 17.4 Å². The molecule has 0 radical (unpaired) electrons. The zero-order valence-corrected chi connectivity index (χ0v) is 28.0. The van der Waals surface area contributed by atoms with E-state index in [0.717, 1.165) is 41.1 Å². The number of halogens is 1. The smallest absolute Gasteiger partial charge is 0.264 e. The predicted molar refractivity (Wildman–Crippen MR) is 185 cm³/mol. The van der Waals surface area contributed by atoms with Gasteiger partial charge in [-0.15, -0.1) is 0 Å². The van der Waals surface area contributed by atoms with Gasteiger partial charge in [-0.05, 0) is 67.3 Å². The van der Waals surface area contributed by atoms with Crippen LogP contribution in [0.1, 0.15) is 43.7 Å². The Balaban J connectivity index is 1.58. The molecule has 47 heavy (non-hydrogen) atoms. The van der Waals surface area contributed by atoms with Crippen LogP contribution in [0.5, 0.6) is 5.75 Å². The molecule has 1 N–H and O–H groups in total. The van der Waals surface area contributed by atoms with Crippen LogP contribution in [0.25, 0.3) is 0 Å². The van der Waals surface area contributed by atoms with Gasteiger partial charge in [-0.1, -0.05) is 97.2 Å². The second-order valence-electron chi connectivity index (χ2n) is 11.6. The molecule has 5 rings (SSSR count). The summed E-state index contributed by atoms with van der Waals surface area (Å²) < 4.78 is 35.5. The fraction of sp³-hybridized carbons (Fsp3) is 0.297. The highest BCUT2D eigenvalue weighted by Crippen LogP contribution is 2.33. The van der Waals surface area contributed by atoms with Gasteiger partial charge < -0.3 is 15.0 Å². The summed E-state index contributed by atoms with van der Waals surface area (Å²) in [6.45, 7) is 1.64. The molecule has 0 aliphatic heterocycles. The van der Waals surface area contributed by atoms with Crippen molar-refractivity contribution < 1.29 is 22.7 Å². The van der Waals surface area contributed by atoms with Gasteiger partial charge in [0, 0.05) is 24.0 Å². The second-order valence-corrected chi connectivity index (χ2v) is 13.9. The molecule has 10 heteroatoms. The van der Waals surface area contributed by atoms with Gasteiger partial charge >= 0.3 is 0 Å². The average molecular weight is 674 g/mol. The van der Waals surface area contributed by atoms with Crippen LogP contribution in [0.2, 0.25) is 5.02 Å². The van der Waals surface area contributed by atoms with Crippen molar-refractivity contribution in [2.45, 2.75) is 62.6 Å². The highest BCUT2D eigenvalue weighted by atomic mass is 35.5. The normalized spacial score (nSPS) is 13.9. The van der Waals surface area contributed by atoms with Gasteiger partial charge in [-0.25, -0.2) is 8.42 Å². The number of hydrogen-bond acceptors (Lipinski definition) is 5. The van der Waals surface area contributed by atoms with Gasteiger partial charge in [0.15, 0.2) is 0 Å². The quantitative estimate of drug-likeness (QED) is 0.162. The van der Waals surface area contributed by atoms with Gasteiger partial charge in [0.2, 0.25) is 11.8 Å². The van der Waals surface area contributed by atoms with Crippen molar-refractivity contribution in [3.8, 4) is 5.75 Å². The molecule has 1 aliphatic rings. The summed E-state index contributed by atoms with van der Waals surface area (Å²) >= 11 is 6.09. The number of para-hydroxylation sites is 2. The number of ether oxygens (including phenoxy) is 1. The molecule has 0 heterocycles. The largest absolute Gasteiger partial charge is 0.492 e. The topological polar surface area (TPSA) is 96.0 Å². The number of nitrogens with one attached hydrogen (secondary N) is 1. The van der Waals surface area contributed by atoms with Crippen molar-refractivity contribution in [3.63, 3.8) is 0 Å². The van der Waals surface area contributed by atoms with Crippen LogP contribution in [-0.2, 0) is 32.6 Å². The summed E-state index contributed by atoms with van der Waals surface area (Å²) in [5.41, 5.74) is 1.92. The molecule has 4 aromatic carbocycles. The maximum absolute atomic E-state index is 14.7. The SMILES string of the molecule is CCOc1ccccc1N(CC(=O)N(Cc1ccccc1)C(Cc1ccccc1)C(=O)NC1CCCC1)S(=O)(=O)c1ccc(Cl)cc1. The lowest BCUT2D eigenvalue weighted by Gasteiger charge is -2.34. The third-order valence-corrected chi connectivity index (χ3v) is 10.3. The summed E-state index contributed by atoms with van der Waals surface area (Å²) in [5, 5.41) is 3.58. The number of hydrogen-bond donors (Lipinski definition) is 1. The minimum atomic E-state index is -4.29. The van der Waals surface area contributed by atoms with E-state index in [4.69, 9.17) is 16.3 Å². The molecule has 0 saturated heterocycles. The Kier molecular flexibility index (Phi) is 11.6. The van der Waals surface area contributed by atoms with Crippen molar-refractivity contribution in [2.24, 2.45) is 0 Å². The minimum absolute atomic E-state index is 0.0320. The third kappa shape index (κ3) is 8.73. The molecule has 1 saturated carbocycles. The first kappa shape index (κ1) is 34.0. The van der Waals surface area contributed by atoms with E-state index in [9.17, 15) is 18.0 Å². The van der Waals surface area contributed by atoms with Gasteiger partial charge in [-0.2, -0.15) is 0 Å². The molecule has 0 bridgehead atoms.